The summed E-state index contributed by atoms with van der Waals surface area (Å²) in [5.74, 6) is 0. The Balaban J connectivity index is 2.26. The summed E-state index contributed by atoms with van der Waals surface area (Å²) in [6, 6.07) is 2.02. The van der Waals surface area contributed by atoms with E-state index >= 15 is 0 Å². The van der Waals surface area contributed by atoms with Crippen molar-refractivity contribution in [3.8, 4) is 0 Å². The van der Waals surface area contributed by atoms with E-state index in [2.05, 4.69) is 22.9 Å². The summed E-state index contributed by atoms with van der Waals surface area (Å²) in [6.07, 6.45) is 6.30. The molecule has 2 rings (SSSR count). The van der Waals surface area contributed by atoms with Crippen molar-refractivity contribution in [3.63, 3.8) is 0 Å². The Labute approximate surface area is 119 Å². The smallest absolute Gasteiger partial charge is 0.0887 e. The van der Waals surface area contributed by atoms with Gasteiger partial charge in [-0.2, -0.15) is 0 Å². The molecule has 1 aromatic heterocycles. The molecule has 1 aromatic rings. The molecular weight excluding hydrogens is 327 g/mol. The van der Waals surface area contributed by atoms with Gasteiger partial charge in [0.25, 0.3) is 0 Å². The molecule has 1 atom stereocenters. The summed E-state index contributed by atoms with van der Waals surface area (Å²) in [5.41, 5.74) is 0.301. The van der Waals surface area contributed by atoms with Crippen molar-refractivity contribution in [1.29, 1.82) is 0 Å². The van der Waals surface area contributed by atoms with E-state index in [1.54, 1.807) is 11.3 Å². The minimum atomic E-state index is 0.119. The molecule has 0 aromatic carbocycles. The van der Waals surface area contributed by atoms with E-state index in [4.69, 9.17) is 23.2 Å². The van der Waals surface area contributed by atoms with Crippen LogP contribution >= 0.6 is 50.5 Å². The minimum Gasteiger partial charge on any atom is -0.130 e. The Hall–Kier alpha value is 0.760. The quantitative estimate of drug-likeness (QED) is 0.557. The van der Waals surface area contributed by atoms with Crippen molar-refractivity contribution < 1.29 is 0 Å². The van der Waals surface area contributed by atoms with Gasteiger partial charge in [-0.15, -0.1) is 22.9 Å². The molecule has 0 spiro atoms. The zero-order valence-electron chi connectivity index (χ0n) is 9.23. The molecule has 1 aliphatic rings. The molecule has 1 aliphatic carbocycles. The Morgan fingerprint density at radius 1 is 1.50 bits per heavy atom. The van der Waals surface area contributed by atoms with Gasteiger partial charge >= 0.3 is 0 Å². The normalized spacial score (nSPS) is 21.2. The highest BCUT2D eigenvalue weighted by molar-refractivity contribution is 9.11. The molecule has 4 heteroatoms. The van der Waals surface area contributed by atoms with Crippen molar-refractivity contribution in [2.24, 2.45) is 5.41 Å². The van der Waals surface area contributed by atoms with E-state index in [1.807, 2.05) is 6.07 Å². The van der Waals surface area contributed by atoms with E-state index < -0.39 is 0 Å². The largest absolute Gasteiger partial charge is 0.130 e. The van der Waals surface area contributed by atoms with Crippen LogP contribution in [0.3, 0.4) is 0 Å². The van der Waals surface area contributed by atoms with Crippen molar-refractivity contribution in [3.05, 3.63) is 19.8 Å². The van der Waals surface area contributed by atoms with E-state index in [1.165, 1.54) is 30.6 Å². The number of thiophene rings is 1. The van der Waals surface area contributed by atoms with Gasteiger partial charge in [0, 0.05) is 4.88 Å². The van der Waals surface area contributed by atoms with Crippen LogP contribution in [0.4, 0.5) is 0 Å². The maximum Gasteiger partial charge on any atom is 0.0887 e. The Kier molecular flexibility index (Phi) is 4.27. The number of rotatable bonds is 3. The molecule has 1 unspecified atom stereocenters. The van der Waals surface area contributed by atoms with Gasteiger partial charge in [0.05, 0.1) is 14.2 Å². The van der Waals surface area contributed by atoms with Gasteiger partial charge < -0.3 is 0 Å². The first kappa shape index (κ1) is 13.2. The second-order valence-electron chi connectivity index (χ2n) is 4.56. The number of halogens is 3. The van der Waals surface area contributed by atoms with E-state index in [9.17, 15) is 0 Å². The number of hydrogen-bond acceptors (Lipinski definition) is 1. The molecule has 90 valence electrons. The van der Waals surface area contributed by atoms with Crippen molar-refractivity contribution in [2.75, 3.05) is 0 Å². The highest BCUT2D eigenvalue weighted by Gasteiger charge is 2.40. The second-order valence-corrected chi connectivity index (χ2v) is 7.80. The molecule has 0 saturated heterocycles. The zero-order chi connectivity index (χ0) is 11.8. The first-order valence-electron chi connectivity index (χ1n) is 5.68. The molecule has 1 saturated carbocycles. The molecule has 1 heterocycles. The number of hydrogen-bond donors (Lipinski definition) is 0. The van der Waals surface area contributed by atoms with Crippen LogP contribution in [0.25, 0.3) is 0 Å². The summed E-state index contributed by atoms with van der Waals surface area (Å²) in [5, 5.41) is 0.906. The van der Waals surface area contributed by atoms with Crippen molar-refractivity contribution in [2.45, 2.75) is 44.4 Å². The fourth-order valence-electron chi connectivity index (χ4n) is 2.66. The molecule has 0 aliphatic heterocycles. The van der Waals surface area contributed by atoms with Crippen LogP contribution in [0.15, 0.2) is 9.85 Å². The predicted molar refractivity (Wildman–Crippen MR) is 76.8 cm³/mol. The average Bonchev–Trinajstić information content (AvgIpc) is 2.87. The molecule has 0 N–H and O–H groups in total. The molecule has 0 radical (unpaired) electrons. The Bertz CT molecular complexity index is 350. The van der Waals surface area contributed by atoms with Crippen LogP contribution < -0.4 is 0 Å². The molecule has 1 fully saturated rings. The van der Waals surface area contributed by atoms with E-state index in [0.717, 1.165) is 15.2 Å². The minimum absolute atomic E-state index is 0.119. The Morgan fingerprint density at radius 2 is 2.12 bits per heavy atom. The monoisotopic (exact) mass is 340 g/mol. The van der Waals surface area contributed by atoms with Crippen LogP contribution in [-0.2, 0) is 0 Å². The highest BCUT2D eigenvalue weighted by atomic mass is 79.9. The lowest BCUT2D eigenvalue weighted by Gasteiger charge is -2.32. The first-order chi connectivity index (χ1) is 7.59. The van der Waals surface area contributed by atoms with Crippen LogP contribution in [0, 0.1) is 5.41 Å². The Morgan fingerprint density at radius 3 is 2.56 bits per heavy atom. The molecule has 0 nitrogen and oxygen atoms in total. The standard InChI is InChI=1S/C12H15BrCl2S/c1-2-12(5-3-4-6-12)10(15)9-7-8(14)11(13)16-9/h7,10H,2-6H2,1H3. The average molecular weight is 342 g/mol. The molecule has 0 amide bonds. The van der Waals surface area contributed by atoms with Gasteiger partial charge in [-0.3, -0.25) is 0 Å². The summed E-state index contributed by atoms with van der Waals surface area (Å²) in [7, 11) is 0. The van der Waals surface area contributed by atoms with Crippen LogP contribution in [0.1, 0.15) is 49.3 Å². The summed E-state index contributed by atoms with van der Waals surface area (Å²) in [6.45, 7) is 2.25. The van der Waals surface area contributed by atoms with Crippen LogP contribution in [0.2, 0.25) is 5.02 Å². The zero-order valence-corrected chi connectivity index (χ0v) is 13.1. The third-order valence-electron chi connectivity index (χ3n) is 3.76. The third-order valence-corrected chi connectivity index (χ3v) is 7.12. The lowest BCUT2D eigenvalue weighted by atomic mass is 9.79. The summed E-state index contributed by atoms with van der Waals surface area (Å²) >= 11 is 17.9. The van der Waals surface area contributed by atoms with Gasteiger partial charge in [0.2, 0.25) is 0 Å². The van der Waals surface area contributed by atoms with Gasteiger partial charge in [-0.25, -0.2) is 0 Å². The van der Waals surface area contributed by atoms with Gasteiger partial charge in [0.1, 0.15) is 0 Å². The fourth-order valence-corrected chi connectivity index (χ4v) is 5.09. The topological polar surface area (TPSA) is 0 Å². The maximum atomic E-state index is 6.69. The molecule has 16 heavy (non-hydrogen) atoms. The number of alkyl halides is 1. The lowest BCUT2D eigenvalue weighted by molar-refractivity contribution is 0.273. The third kappa shape index (κ3) is 2.31. The highest BCUT2D eigenvalue weighted by Crippen LogP contribution is 2.55. The summed E-state index contributed by atoms with van der Waals surface area (Å²) in [4.78, 5) is 1.21. The van der Waals surface area contributed by atoms with E-state index in [0.29, 0.717) is 5.41 Å². The van der Waals surface area contributed by atoms with Gasteiger partial charge in [0.15, 0.2) is 0 Å². The summed E-state index contributed by atoms with van der Waals surface area (Å²) < 4.78 is 0.999. The van der Waals surface area contributed by atoms with Gasteiger partial charge in [-0.1, -0.05) is 31.4 Å². The molecular formula is C12H15BrCl2S. The van der Waals surface area contributed by atoms with E-state index in [-0.39, 0.29) is 5.38 Å². The van der Waals surface area contributed by atoms with Crippen LogP contribution in [0.5, 0.6) is 0 Å². The lowest BCUT2D eigenvalue weighted by Crippen LogP contribution is -2.20. The second kappa shape index (κ2) is 5.17. The first-order valence-corrected chi connectivity index (χ1v) is 8.10. The predicted octanol–water partition coefficient (Wildman–Crippen LogP) is 6.41. The molecule has 0 bridgehead atoms. The van der Waals surface area contributed by atoms with Crippen LogP contribution in [-0.4, -0.2) is 0 Å². The van der Waals surface area contributed by atoms with Crippen molar-refractivity contribution in [1.82, 2.24) is 0 Å². The maximum absolute atomic E-state index is 6.69. The fraction of sp³-hybridized carbons (Fsp3) is 0.667. The van der Waals surface area contributed by atoms with Gasteiger partial charge in [-0.05, 0) is 46.7 Å². The SMILES string of the molecule is CCC1(C(Cl)c2cc(Cl)c(Br)s2)CCCC1. The van der Waals surface area contributed by atoms with Crippen molar-refractivity contribution >= 4 is 50.5 Å².